The number of nitrogens with zero attached hydrogens (tertiary/aromatic N) is 4. The lowest BCUT2D eigenvalue weighted by Gasteiger charge is -2.09. The molecule has 0 bridgehead atoms. The van der Waals surface area contributed by atoms with E-state index < -0.39 is 10.0 Å². The summed E-state index contributed by atoms with van der Waals surface area (Å²) in [5.41, 5.74) is 2.63. The highest BCUT2D eigenvalue weighted by Gasteiger charge is 2.19. The fraction of sp³-hybridized carbons (Fsp3) is 0.0588. The van der Waals surface area contributed by atoms with Gasteiger partial charge in [0.1, 0.15) is 5.65 Å². The molecule has 0 aliphatic heterocycles. The highest BCUT2D eigenvalue weighted by atomic mass is 32.2. The molecule has 0 aliphatic carbocycles. The summed E-state index contributed by atoms with van der Waals surface area (Å²) < 4.78 is 31.2. The van der Waals surface area contributed by atoms with Gasteiger partial charge in [-0.3, -0.25) is 4.72 Å². The lowest BCUT2D eigenvalue weighted by atomic mass is 10.1. The molecule has 3 aromatic heterocycles. The predicted octanol–water partition coefficient (Wildman–Crippen LogP) is 2.54. The van der Waals surface area contributed by atoms with Crippen molar-refractivity contribution < 1.29 is 8.42 Å². The number of hydrogen-bond acceptors (Lipinski definition) is 4. The Kier molecular flexibility index (Phi) is 3.54. The molecular formula is C17H15N5O2S. The molecule has 7 nitrogen and oxygen atoms in total. The van der Waals surface area contributed by atoms with Crippen LogP contribution in [0.4, 0.5) is 5.69 Å². The van der Waals surface area contributed by atoms with Crippen LogP contribution in [0, 0.1) is 0 Å². The maximum Gasteiger partial charge on any atom is 0.280 e. The van der Waals surface area contributed by atoms with E-state index in [4.69, 9.17) is 0 Å². The fourth-order valence-corrected chi connectivity index (χ4v) is 3.65. The second-order valence-electron chi connectivity index (χ2n) is 5.62. The molecule has 1 N–H and O–H groups in total. The summed E-state index contributed by atoms with van der Waals surface area (Å²) in [6.45, 7) is 0. The zero-order valence-corrected chi connectivity index (χ0v) is 14.2. The third-order valence-corrected chi connectivity index (χ3v) is 5.02. The maximum atomic E-state index is 12.6. The Hall–Kier alpha value is -3.13. The van der Waals surface area contributed by atoms with Gasteiger partial charge in [-0.1, -0.05) is 24.3 Å². The number of imidazole rings is 2. The highest BCUT2D eigenvalue weighted by Crippen LogP contribution is 2.29. The van der Waals surface area contributed by atoms with Crippen LogP contribution in [0.1, 0.15) is 0 Å². The minimum Gasteiger partial charge on any atom is -0.339 e. The van der Waals surface area contributed by atoms with Crippen molar-refractivity contribution in [2.24, 2.45) is 7.05 Å². The minimum atomic E-state index is -3.77. The summed E-state index contributed by atoms with van der Waals surface area (Å²) in [6, 6.07) is 12.9. The van der Waals surface area contributed by atoms with Crippen molar-refractivity contribution in [2.45, 2.75) is 5.03 Å². The van der Waals surface area contributed by atoms with Crippen LogP contribution in [0.2, 0.25) is 0 Å². The molecule has 8 heteroatoms. The smallest absolute Gasteiger partial charge is 0.280 e. The molecule has 0 unspecified atom stereocenters. The SMILES string of the molecule is Cn1cnc(S(=O)(=O)Nc2ccccc2-c2cn3ccccc3n2)c1. The quantitative estimate of drug-likeness (QED) is 0.611. The van der Waals surface area contributed by atoms with E-state index in [-0.39, 0.29) is 5.03 Å². The number of hydrogen-bond donors (Lipinski definition) is 1. The van der Waals surface area contributed by atoms with Crippen LogP contribution in [0.25, 0.3) is 16.9 Å². The van der Waals surface area contributed by atoms with E-state index in [1.54, 1.807) is 23.7 Å². The van der Waals surface area contributed by atoms with Crippen LogP contribution in [0.3, 0.4) is 0 Å². The van der Waals surface area contributed by atoms with E-state index in [9.17, 15) is 8.42 Å². The number of anilines is 1. The number of rotatable bonds is 4. The van der Waals surface area contributed by atoms with E-state index in [0.29, 0.717) is 16.9 Å². The van der Waals surface area contributed by atoms with Gasteiger partial charge in [-0.15, -0.1) is 0 Å². The van der Waals surface area contributed by atoms with Crippen LogP contribution < -0.4 is 4.72 Å². The van der Waals surface area contributed by atoms with Crippen molar-refractivity contribution in [2.75, 3.05) is 4.72 Å². The highest BCUT2D eigenvalue weighted by molar-refractivity contribution is 7.92. The van der Waals surface area contributed by atoms with Gasteiger partial charge in [0.2, 0.25) is 0 Å². The molecule has 0 radical (unpaired) electrons. The summed E-state index contributed by atoms with van der Waals surface area (Å²) >= 11 is 0. The molecule has 0 saturated carbocycles. The third-order valence-electron chi connectivity index (χ3n) is 3.77. The summed E-state index contributed by atoms with van der Waals surface area (Å²) in [5.74, 6) is 0. The Bertz CT molecular complexity index is 1130. The first-order valence-corrected chi connectivity index (χ1v) is 9.05. The summed E-state index contributed by atoms with van der Waals surface area (Å²) in [6.07, 6.45) is 6.66. The van der Waals surface area contributed by atoms with Gasteiger partial charge in [0, 0.05) is 31.2 Å². The van der Waals surface area contributed by atoms with Crippen molar-refractivity contribution in [3.8, 4) is 11.3 Å². The lowest BCUT2D eigenvalue weighted by molar-refractivity contribution is 0.598. The molecule has 25 heavy (non-hydrogen) atoms. The standard InChI is InChI=1S/C17H15N5O2S/c1-21-11-17(18-12-21)25(23,24)20-14-7-3-2-6-13(14)15-10-22-9-5-4-8-16(22)19-15/h2-12,20H,1H3. The van der Waals surface area contributed by atoms with Crippen molar-refractivity contribution in [1.29, 1.82) is 0 Å². The molecule has 1 aromatic carbocycles. The van der Waals surface area contributed by atoms with E-state index in [0.717, 1.165) is 5.65 Å². The number of pyridine rings is 1. The maximum absolute atomic E-state index is 12.6. The summed E-state index contributed by atoms with van der Waals surface area (Å²) in [5, 5.41) is -0.0280. The van der Waals surface area contributed by atoms with E-state index in [1.165, 1.54) is 12.5 Å². The largest absolute Gasteiger partial charge is 0.339 e. The fourth-order valence-electron chi connectivity index (χ4n) is 2.58. The lowest BCUT2D eigenvalue weighted by Crippen LogP contribution is -2.14. The first-order chi connectivity index (χ1) is 12.0. The normalized spacial score (nSPS) is 11.7. The minimum absolute atomic E-state index is 0.0280. The zero-order valence-electron chi connectivity index (χ0n) is 13.4. The van der Waals surface area contributed by atoms with E-state index >= 15 is 0 Å². The van der Waals surface area contributed by atoms with Crippen molar-refractivity contribution in [3.63, 3.8) is 0 Å². The molecule has 0 aliphatic rings. The van der Waals surface area contributed by atoms with Gasteiger partial charge in [-0.05, 0) is 18.2 Å². The van der Waals surface area contributed by atoms with Crippen LogP contribution >= 0.6 is 0 Å². The molecule has 4 aromatic rings. The second kappa shape index (κ2) is 5.75. The Morgan fingerprint density at radius 3 is 2.60 bits per heavy atom. The van der Waals surface area contributed by atoms with Crippen molar-refractivity contribution in [3.05, 3.63) is 67.4 Å². The molecule has 0 atom stereocenters. The molecule has 0 amide bonds. The molecule has 3 heterocycles. The predicted molar refractivity (Wildman–Crippen MR) is 94.6 cm³/mol. The Morgan fingerprint density at radius 1 is 1.04 bits per heavy atom. The average Bonchev–Trinajstić information content (AvgIpc) is 3.21. The number of aryl methyl sites for hydroxylation is 1. The zero-order chi connectivity index (χ0) is 17.4. The molecule has 126 valence electrons. The summed E-state index contributed by atoms with van der Waals surface area (Å²) in [4.78, 5) is 8.47. The molecule has 4 rings (SSSR count). The van der Waals surface area contributed by atoms with Gasteiger partial charge >= 0.3 is 0 Å². The number of nitrogens with one attached hydrogen (secondary N) is 1. The van der Waals surface area contributed by atoms with Gasteiger partial charge in [0.15, 0.2) is 5.03 Å². The Labute approximate surface area is 144 Å². The number of aromatic nitrogens is 4. The molecule has 0 fully saturated rings. The van der Waals surface area contributed by atoms with Crippen molar-refractivity contribution in [1.82, 2.24) is 18.9 Å². The van der Waals surface area contributed by atoms with E-state index in [1.807, 2.05) is 47.1 Å². The van der Waals surface area contributed by atoms with Gasteiger partial charge in [-0.2, -0.15) is 8.42 Å². The molecule has 0 saturated heterocycles. The van der Waals surface area contributed by atoms with E-state index in [2.05, 4.69) is 14.7 Å². The number of benzene rings is 1. The first-order valence-electron chi connectivity index (χ1n) is 7.57. The summed E-state index contributed by atoms with van der Waals surface area (Å²) in [7, 11) is -2.05. The molecule has 0 spiro atoms. The Morgan fingerprint density at radius 2 is 1.84 bits per heavy atom. The van der Waals surface area contributed by atoms with Gasteiger partial charge in [0.25, 0.3) is 10.0 Å². The van der Waals surface area contributed by atoms with Crippen molar-refractivity contribution >= 4 is 21.4 Å². The van der Waals surface area contributed by atoms with Gasteiger partial charge in [0.05, 0.1) is 17.7 Å². The van der Waals surface area contributed by atoms with Crippen LogP contribution in [-0.4, -0.2) is 27.4 Å². The number of sulfonamides is 1. The second-order valence-corrected chi connectivity index (χ2v) is 7.25. The topological polar surface area (TPSA) is 81.3 Å². The van der Waals surface area contributed by atoms with Gasteiger partial charge in [-0.25, -0.2) is 9.97 Å². The van der Waals surface area contributed by atoms with Crippen LogP contribution in [0.5, 0.6) is 0 Å². The first kappa shape index (κ1) is 15.4. The average molecular weight is 353 g/mol. The van der Waals surface area contributed by atoms with Gasteiger partial charge < -0.3 is 8.97 Å². The number of fused-ring (bicyclic) bond motifs is 1. The van der Waals surface area contributed by atoms with Crippen LogP contribution in [-0.2, 0) is 17.1 Å². The molecular weight excluding hydrogens is 338 g/mol. The Balaban J connectivity index is 1.77. The van der Waals surface area contributed by atoms with Crippen LogP contribution in [0.15, 0.2) is 72.4 Å². The monoisotopic (exact) mass is 353 g/mol. The number of para-hydroxylation sites is 1. The third kappa shape index (κ3) is 2.87.